The van der Waals surface area contributed by atoms with Gasteiger partial charge in [0.25, 0.3) is 0 Å². The van der Waals surface area contributed by atoms with E-state index in [0.29, 0.717) is 0 Å². The van der Waals surface area contributed by atoms with Crippen LogP contribution in [0.15, 0.2) is 71.5 Å². The lowest BCUT2D eigenvalue weighted by Crippen LogP contribution is -2.30. The third-order valence-corrected chi connectivity index (χ3v) is 5.10. The van der Waals surface area contributed by atoms with E-state index in [9.17, 15) is 0 Å². The topological polar surface area (TPSA) is 58.0 Å². The molecule has 0 unspecified atom stereocenters. The van der Waals surface area contributed by atoms with E-state index in [-0.39, 0.29) is 0 Å². The minimum Gasteiger partial charge on any atom is -0.360 e. The third kappa shape index (κ3) is 3.17. The number of hydrogen-bond donors (Lipinski definition) is 1. The number of H-pyrrole nitrogens is 1. The molecular formula is C22H20N4O. The molecule has 0 saturated heterocycles. The highest BCUT2D eigenvalue weighted by molar-refractivity contribution is 5.70. The second kappa shape index (κ2) is 6.85. The summed E-state index contributed by atoms with van der Waals surface area (Å²) in [4.78, 5) is 9.89. The number of imidazole rings is 1. The van der Waals surface area contributed by atoms with E-state index >= 15 is 0 Å². The monoisotopic (exact) mass is 356 g/mol. The molecule has 4 aromatic rings. The lowest BCUT2D eigenvalue weighted by atomic mass is 9.99. The number of benzene rings is 2. The second-order valence-electron chi connectivity index (χ2n) is 6.87. The Labute approximate surface area is 157 Å². The summed E-state index contributed by atoms with van der Waals surface area (Å²) in [5, 5.41) is 4.38. The van der Waals surface area contributed by atoms with Crippen LogP contribution in [-0.4, -0.2) is 26.6 Å². The molecule has 27 heavy (non-hydrogen) atoms. The molecule has 0 saturated carbocycles. The van der Waals surface area contributed by atoms with Crippen LogP contribution in [0.1, 0.15) is 17.1 Å². The van der Waals surface area contributed by atoms with E-state index in [1.54, 1.807) is 6.20 Å². The van der Waals surface area contributed by atoms with Gasteiger partial charge in [0.2, 0.25) is 0 Å². The zero-order chi connectivity index (χ0) is 18.1. The summed E-state index contributed by atoms with van der Waals surface area (Å²) in [5.74, 6) is 2.00. The second-order valence-corrected chi connectivity index (χ2v) is 6.87. The number of aromatic nitrogens is 3. The maximum absolute atomic E-state index is 5.64. The van der Waals surface area contributed by atoms with Crippen LogP contribution >= 0.6 is 0 Å². The van der Waals surface area contributed by atoms with Gasteiger partial charge in [-0.05, 0) is 11.1 Å². The van der Waals surface area contributed by atoms with Crippen molar-refractivity contribution in [3.8, 4) is 22.4 Å². The average Bonchev–Trinajstić information content (AvgIpc) is 3.38. The molecule has 0 bridgehead atoms. The summed E-state index contributed by atoms with van der Waals surface area (Å²) >= 11 is 0. The number of fused-ring (bicyclic) bond motifs is 1. The van der Waals surface area contributed by atoms with Crippen molar-refractivity contribution >= 4 is 0 Å². The number of hydrogen-bond acceptors (Lipinski definition) is 4. The minimum absolute atomic E-state index is 0.810. The van der Waals surface area contributed by atoms with E-state index in [0.717, 1.165) is 48.9 Å². The molecule has 0 spiro atoms. The molecule has 2 aromatic heterocycles. The fraction of sp³-hybridized carbons (Fsp3) is 0.182. The fourth-order valence-corrected chi connectivity index (χ4v) is 3.67. The Bertz CT molecular complexity index is 1020. The highest BCUT2D eigenvalue weighted by Gasteiger charge is 2.25. The van der Waals surface area contributed by atoms with Crippen LogP contribution in [0, 0.1) is 0 Å². The summed E-state index contributed by atoms with van der Waals surface area (Å²) in [7, 11) is 0. The Balaban J connectivity index is 1.40. The van der Waals surface area contributed by atoms with Crippen LogP contribution in [0.25, 0.3) is 22.4 Å². The van der Waals surface area contributed by atoms with Crippen molar-refractivity contribution < 1.29 is 4.52 Å². The van der Waals surface area contributed by atoms with Crippen molar-refractivity contribution in [1.82, 2.24) is 20.0 Å². The first-order valence-corrected chi connectivity index (χ1v) is 9.21. The first-order chi connectivity index (χ1) is 13.4. The van der Waals surface area contributed by atoms with Crippen molar-refractivity contribution in [2.45, 2.75) is 19.5 Å². The first-order valence-electron chi connectivity index (χ1n) is 9.21. The van der Waals surface area contributed by atoms with E-state index < -0.39 is 0 Å². The Morgan fingerprint density at radius 2 is 1.74 bits per heavy atom. The lowest BCUT2D eigenvalue weighted by molar-refractivity contribution is 0.224. The van der Waals surface area contributed by atoms with Gasteiger partial charge in [-0.15, -0.1) is 0 Å². The smallest absolute Gasteiger partial charge is 0.143 e. The Hall–Kier alpha value is -3.18. The SMILES string of the molecule is c1ccc(-c2ccc(-c3noc4c3CN(Cc3ncc[nH]3)CC4)cc2)cc1. The van der Waals surface area contributed by atoms with Crippen molar-refractivity contribution in [3.05, 3.63) is 84.1 Å². The van der Waals surface area contributed by atoms with Gasteiger partial charge < -0.3 is 9.51 Å². The molecule has 134 valence electrons. The molecule has 0 fully saturated rings. The Kier molecular flexibility index (Phi) is 4.07. The molecule has 3 heterocycles. The lowest BCUT2D eigenvalue weighted by Gasteiger charge is -2.25. The van der Waals surface area contributed by atoms with Crippen molar-refractivity contribution in [1.29, 1.82) is 0 Å². The summed E-state index contributed by atoms with van der Waals surface area (Å²) < 4.78 is 5.64. The van der Waals surface area contributed by atoms with Gasteiger partial charge >= 0.3 is 0 Å². The minimum atomic E-state index is 0.810. The van der Waals surface area contributed by atoms with Crippen molar-refractivity contribution in [2.24, 2.45) is 0 Å². The zero-order valence-corrected chi connectivity index (χ0v) is 14.9. The molecular weight excluding hydrogens is 336 g/mol. The van der Waals surface area contributed by atoms with Crippen LogP contribution in [0.4, 0.5) is 0 Å². The third-order valence-electron chi connectivity index (χ3n) is 5.10. The largest absolute Gasteiger partial charge is 0.360 e. The van der Waals surface area contributed by atoms with Gasteiger partial charge in [0, 0.05) is 43.0 Å². The van der Waals surface area contributed by atoms with Gasteiger partial charge in [0.15, 0.2) is 0 Å². The van der Waals surface area contributed by atoms with Crippen molar-refractivity contribution in [3.63, 3.8) is 0 Å². The number of nitrogens with zero attached hydrogens (tertiary/aromatic N) is 3. The van der Waals surface area contributed by atoms with Crippen LogP contribution in [-0.2, 0) is 19.5 Å². The van der Waals surface area contributed by atoms with Crippen LogP contribution < -0.4 is 0 Å². The number of nitrogens with one attached hydrogen (secondary N) is 1. The van der Waals surface area contributed by atoms with E-state index in [1.807, 2.05) is 12.3 Å². The van der Waals surface area contributed by atoms with Crippen LogP contribution in [0.3, 0.4) is 0 Å². The summed E-state index contributed by atoms with van der Waals surface area (Å²) in [6.07, 6.45) is 4.54. The quantitative estimate of drug-likeness (QED) is 0.593. The van der Waals surface area contributed by atoms with Gasteiger partial charge in [0.1, 0.15) is 17.3 Å². The van der Waals surface area contributed by atoms with Gasteiger partial charge in [-0.3, -0.25) is 4.90 Å². The van der Waals surface area contributed by atoms with Crippen LogP contribution in [0.5, 0.6) is 0 Å². The molecule has 1 aliphatic heterocycles. The van der Waals surface area contributed by atoms with Gasteiger partial charge in [-0.2, -0.15) is 0 Å². The molecule has 0 atom stereocenters. The summed E-state index contributed by atoms with van der Waals surface area (Å²) in [6, 6.07) is 19.0. The molecule has 0 amide bonds. The summed E-state index contributed by atoms with van der Waals surface area (Å²) in [6.45, 7) is 2.59. The van der Waals surface area contributed by atoms with Gasteiger partial charge in [-0.25, -0.2) is 4.98 Å². The highest BCUT2D eigenvalue weighted by Crippen LogP contribution is 2.31. The first kappa shape index (κ1) is 16.0. The predicted molar refractivity (Wildman–Crippen MR) is 104 cm³/mol. The molecule has 5 heteroatoms. The standard InChI is InChI=1S/C22H20N4O/c1-2-4-16(5-3-1)17-6-8-18(9-7-17)22-19-14-26(13-10-20(19)27-25-22)15-21-23-11-12-24-21/h1-9,11-12H,10,13-15H2,(H,23,24). The van der Waals surface area contributed by atoms with Gasteiger partial charge in [-0.1, -0.05) is 59.8 Å². The fourth-order valence-electron chi connectivity index (χ4n) is 3.67. The van der Waals surface area contributed by atoms with Gasteiger partial charge in [0.05, 0.1) is 6.54 Å². The average molecular weight is 356 g/mol. The number of rotatable bonds is 4. The van der Waals surface area contributed by atoms with E-state index in [2.05, 4.69) is 68.6 Å². The molecule has 5 nitrogen and oxygen atoms in total. The molecule has 5 rings (SSSR count). The maximum atomic E-state index is 5.64. The summed E-state index contributed by atoms with van der Waals surface area (Å²) in [5.41, 5.74) is 5.67. The predicted octanol–water partition coefficient (Wildman–Crippen LogP) is 4.29. The Morgan fingerprint density at radius 1 is 0.963 bits per heavy atom. The maximum Gasteiger partial charge on any atom is 0.143 e. The molecule has 0 aliphatic carbocycles. The highest BCUT2D eigenvalue weighted by atomic mass is 16.5. The van der Waals surface area contributed by atoms with Crippen LogP contribution in [0.2, 0.25) is 0 Å². The van der Waals surface area contributed by atoms with Crippen molar-refractivity contribution in [2.75, 3.05) is 6.54 Å². The van der Waals surface area contributed by atoms with E-state index in [4.69, 9.17) is 4.52 Å². The molecule has 0 radical (unpaired) electrons. The molecule has 1 aliphatic rings. The molecule has 2 aromatic carbocycles. The number of aromatic amines is 1. The zero-order valence-electron chi connectivity index (χ0n) is 14.9. The normalized spacial score (nSPS) is 14.2. The molecule has 1 N–H and O–H groups in total. The van der Waals surface area contributed by atoms with E-state index in [1.165, 1.54) is 16.7 Å². The Morgan fingerprint density at radius 3 is 2.52 bits per heavy atom.